The van der Waals surface area contributed by atoms with Gasteiger partial charge in [0.25, 0.3) is 0 Å². The summed E-state index contributed by atoms with van der Waals surface area (Å²) in [5.41, 5.74) is 0. The molecule has 2 bridgehead atoms. The van der Waals surface area contributed by atoms with Gasteiger partial charge in [-0.05, 0) is 19.3 Å². The Hall–Kier alpha value is -0.420. The van der Waals surface area contributed by atoms with E-state index in [0.29, 0.717) is 42.6 Å². The zero-order chi connectivity index (χ0) is 11.1. The first-order chi connectivity index (χ1) is 7.74. The molecule has 4 nitrogen and oxygen atoms in total. The van der Waals surface area contributed by atoms with Gasteiger partial charge in [0.15, 0.2) is 0 Å². The lowest BCUT2D eigenvalue weighted by atomic mass is 9.88. The predicted octanol–water partition coefficient (Wildman–Crippen LogP) is -0.282. The van der Waals surface area contributed by atoms with E-state index in [1.54, 1.807) is 0 Å². The molecule has 0 radical (unpaired) electrons. The summed E-state index contributed by atoms with van der Waals surface area (Å²) < 4.78 is 11.2. The van der Waals surface area contributed by atoms with Crippen LogP contribution in [0.1, 0.15) is 19.3 Å². The van der Waals surface area contributed by atoms with Crippen LogP contribution >= 0.6 is 0 Å². The Morgan fingerprint density at radius 3 is 2.56 bits per heavy atom. The van der Waals surface area contributed by atoms with Crippen LogP contribution in [0.15, 0.2) is 0 Å². The highest BCUT2D eigenvalue weighted by Gasteiger charge is 2.44. The molecule has 0 aromatic carbocycles. The van der Waals surface area contributed by atoms with E-state index in [4.69, 9.17) is 0 Å². The van der Waals surface area contributed by atoms with E-state index in [1.165, 1.54) is 6.42 Å². The van der Waals surface area contributed by atoms with Crippen molar-refractivity contribution in [3.05, 3.63) is 0 Å². The minimum Gasteiger partial charge on any atom is -0.341 e. The average molecular weight is 242 g/mol. The number of carbonyl (C=O) groups is 1. The van der Waals surface area contributed by atoms with E-state index in [0.717, 1.165) is 12.8 Å². The Kier molecular flexibility index (Phi) is 2.75. The van der Waals surface area contributed by atoms with Gasteiger partial charge in [0, 0.05) is 47.5 Å². The normalized spacial score (nSPS) is 39.2. The van der Waals surface area contributed by atoms with Crippen LogP contribution in [0.5, 0.6) is 0 Å². The predicted molar refractivity (Wildman–Crippen MR) is 62.5 cm³/mol. The van der Waals surface area contributed by atoms with Crippen LogP contribution in [0.3, 0.4) is 0 Å². The third kappa shape index (κ3) is 1.80. The molecule has 1 amide bonds. The van der Waals surface area contributed by atoms with Crippen LogP contribution < -0.4 is 5.32 Å². The van der Waals surface area contributed by atoms with Crippen molar-refractivity contribution in [1.82, 2.24) is 10.2 Å². The molecule has 0 spiro atoms. The second kappa shape index (κ2) is 4.11. The molecule has 0 saturated carbocycles. The summed E-state index contributed by atoms with van der Waals surface area (Å²) >= 11 is 0. The molecule has 16 heavy (non-hydrogen) atoms. The lowest BCUT2D eigenvalue weighted by molar-refractivity contribution is -0.135. The summed E-state index contributed by atoms with van der Waals surface area (Å²) in [6.07, 6.45) is 3.41. The first-order valence-electron chi connectivity index (χ1n) is 6.14. The van der Waals surface area contributed by atoms with Crippen molar-refractivity contribution in [2.75, 3.05) is 24.6 Å². The van der Waals surface area contributed by atoms with Crippen molar-refractivity contribution < 1.29 is 9.00 Å². The average Bonchev–Trinajstić information content (AvgIpc) is 2.91. The molecule has 3 atom stereocenters. The van der Waals surface area contributed by atoms with E-state index in [-0.39, 0.29) is 5.92 Å². The van der Waals surface area contributed by atoms with Gasteiger partial charge in [-0.15, -0.1) is 0 Å². The molecule has 1 N–H and O–H groups in total. The maximum absolute atomic E-state index is 12.3. The van der Waals surface area contributed by atoms with E-state index in [1.807, 2.05) is 4.90 Å². The quantitative estimate of drug-likeness (QED) is 0.688. The fourth-order valence-corrected chi connectivity index (χ4v) is 4.24. The number of hydrogen-bond donors (Lipinski definition) is 1. The van der Waals surface area contributed by atoms with Crippen LogP contribution in [-0.4, -0.2) is 51.7 Å². The second-order valence-electron chi connectivity index (χ2n) is 5.06. The van der Waals surface area contributed by atoms with Gasteiger partial charge in [-0.25, -0.2) is 0 Å². The monoisotopic (exact) mass is 242 g/mol. The van der Waals surface area contributed by atoms with Gasteiger partial charge in [-0.1, -0.05) is 0 Å². The highest BCUT2D eigenvalue weighted by Crippen LogP contribution is 2.34. The van der Waals surface area contributed by atoms with Gasteiger partial charge in [0.05, 0.1) is 5.92 Å². The molecule has 3 rings (SSSR count). The van der Waals surface area contributed by atoms with Gasteiger partial charge >= 0.3 is 0 Å². The minimum absolute atomic E-state index is 0.199. The standard InChI is InChI=1S/C11H18N2O2S/c14-11(13-3-5-16(15)6-4-13)9-7-8-1-2-10(9)12-8/h8-10,12H,1-7H2. The van der Waals surface area contributed by atoms with Crippen LogP contribution in [-0.2, 0) is 15.6 Å². The number of nitrogens with zero attached hydrogens (tertiary/aromatic N) is 1. The maximum Gasteiger partial charge on any atom is 0.227 e. The van der Waals surface area contributed by atoms with Gasteiger partial charge < -0.3 is 10.2 Å². The fraction of sp³-hybridized carbons (Fsp3) is 0.909. The van der Waals surface area contributed by atoms with Gasteiger partial charge in [0.2, 0.25) is 5.91 Å². The third-order valence-electron chi connectivity index (χ3n) is 4.11. The number of amides is 1. The highest BCUT2D eigenvalue weighted by atomic mass is 32.2. The number of rotatable bonds is 1. The Labute approximate surface area is 98.2 Å². The van der Waals surface area contributed by atoms with E-state index in [9.17, 15) is 9.00 Å². The van der Waals surface area contributed by atoms with Crippen LogP contribution in [0.2, 0.25) is 0 Å². The van der Waals surface area contributed by atoms with Crippen molar-refractivity contribution in [1.29, 1.82) is 0 Å². The largest absolute Gasteiger partial charge is 0.341 e. The summed E-state index contributed by atoms with van der Waals surface area (Å²) in [4.78, 5) is 14.2. The Bertz CT molecular complexity index is 324. The van der Waals surface area contributed by atoms with Crippen LogP contribution in [0.4, 0.5) is 0 Å². The molecule has 90 valence electrons. The zero-order valence-electron chi connectivity index (χ0n) is 9.35. The first-order valence-corrected chi connectivity index (χ1v) is 7.62. The van der Waals surface area contributed by atoms with Gasteiger partial charge in [0.1, 0.15) is 0 Å². The number of hydrogen-bond acceptors (Lipinski definition) is 3. The molecule has 3 aliphatic rings. The summed E-state index contributed by atoms with van der Waals surface area (Å²) in [5.74, 6) is 1.83. The maximum atomic E-state index is 12.3. The smallest absolute Gasteiger partial charge is 0.227 e. The molecule has 3 saturated heterocycles. The van der Waals surface area contributed by atoms with Crippen LogP contribution in [0.25, 0.3) is 0 Å². The van der Waals surface area contributed by atoms with Crippen molar-refractivity contribution in [3.8, 4) is 0 Å². The Morgan fingerprint density at radius 1 is 1.25 bits per heavy atom. The molecule has 0 aromatic rings. The van der Waals surface area contributed by atoms with E-state index < -0.39 is 10.8 Å². The third-order valence-corrected chi connectivity index (χ3v) is 5.38. The highest BCUT2D eigenvalue weighted by molar-refractivity contribution is 7.85. The van der Waals surface area contributed by atoms with Crippen molar-refractivity contribution >= 4 is 16.7 Å². The lowest BCUT2D eigenvalue weighted by Crippen LogP contribution is -2.47. The van der Waals surface area contributed by atoms with E-state index in [2.05, 4.69) is 5.32 Å². The number of carbonyl (C=O) groups excluding carboxylic acids is 1. The van der Waals surface area contributed by atoms with Crippen molar-refractivity contribution in [2.24, 2.45) is 5.92 Å². The molecule has 0 aliphatic carbocycles. The molecular weight excluding hydrogens is 224 g/mol. The van der Waals surface area contributed by atoms with Crippen molar-refractivity contribution in [2.45, 2.75) is 31.3 Å². The molecule has 3 fully saturated rings. The molecular formula is C11H18N2O2S. The Balaban J connectivity index is 1.63. The summed E-state index contributed by atoms with van der Waals surface area (Å²) in [5, 5.41) is 3.50. The molecule has 5 heteroatoms. The summed E-state index contributed by atoms with van der Waals surface area (Å²) in [6.45, 7) is 1.39. The fourth-order valence-electron chi connectivity index (χ4n) is 3.19. The number of nitrogens with one attached hydrogen (secondary N) is 1. The topological polar surface area (TPSA) is 49.4 Å². The van der Waals surface area contributed by atoms with Gasteiger partial charge in [-0.3, -0.25) is 9.00 Å². The molecule has 3 aliphatic heterocycles. The molecule has 0 aromatic heterocycles. The summed E-state index contributed by atoms with van der Waals surface area (Å²) in [7, 11) is -0.690. The van der Waals surface area contributed by atoms with Crippen molar-refractivity contribution in [3.63, 3.8) is 0 Å². The SMILES string of the molecule is O=C(C1CC2CCC1N2)N1CCS(=O)CC1. The minimum atomic E-state index is -0.690. The molecule has 3 heterocycles. The van der Waals surface area contributed by atoms with E-state index >= 15 is 0 Å². The van der Waals surface area contributed by atoms with Crippen LogP contribution in [0, 0.1) is 5.92 Å². The first kappa shape index (κ1) is 10.7. The lowest BCUT2D eigenvalue weighted by Gasteiger charge is -2.31. The molecule has 3 unspecified atom stereocenters. The van der Waals surface area contributed by atoms with Gasteiger partial charge in [-0.2, -0.15) is 0 Å². The number of fused-ring (bicyclic) bond motifs is 2. The zero-order valence-corrected chi connectivity index (χ0v) is 10.2. The summed E-state index contributed by atoms with van der Waals surface area (Å²) in [6, 6.07) is 1.00. The second-order valence-corrected chi connectivity index (χ2v) is 6.76. The Morgan fingerprint density at radius 2 is 2.00 bits per heavy atom.